The lowest BCUT2D eigenvalue weighted by atomic mass is 10.0. The maximum Gasteiger partial charge on any atom is 0.340 e. The lowest BCUT2D eigenvalue weighted by molar-refractivity contribution is -0.123. The molecule has 0 radical (unpaired) electrons. The number of nitrogens with one attached hydrogen (secondary N) is 2. The van der Waals surface area contributed by atoms with Gasteiger partial charge in [-0.25, -0.2) is 4.79 Å². The van der Waals surface area contributed by atoms with E-state index in [1.54, 1.807) is 52.1 Å². The molecule has 0 aliphatic carbocycles. The molecule has 1 aromatic rings. The number of hydrogen-bond donors (Lipinski definition) is 2. The maximum atomic E-state index is 11.8. The molecule has 0 aliphatic rings. The minimum Gasteiger partial charge on any atom is -0.462 e. The lowest BCUT2D eigenvalue weighted by Crippen LogP contribution is -2.46. The molecule has 0 aromatic heterocycles. The molecule has 104 valence electrons. The number of rotatable bonds is 5. The van der Waals surface area contributed by atoms with Gasteiger partial charge in [0.2, 0.25) is 5.91 Å². The number of hydrogen-bond acceptors (Lipinski definition) is 4. The van der Waals surface area contributed by atoms with Crippen LogP contribution in [0.5, 0.6) is 0 Å². The summed E-state index contributed by atoms with van der Waals surface area (Å²) in [6.07, 6.45) is 0. The van der Waals surface area contributed by atoms with Gasteiger partial charge in [-0.1, -0.05) is 12.1 Å². The average molecular weight is 264 g/mol. The fraction of sp³-hybridized carbons (Fsp3) is 0.429. The number of esters is 1. The molecule has 2 N–H and O–H groups in total. The number of carbonyl (C=O) groups excluding carboxylic acids is 2. The van der Waals surface area contributed by atoms with E-state index in [-0.39, 0.29) is 5.91 Å². The first-order valence-corrected chi connectivity index (χ1v) is 6.19. The summed E-state index contributed by atoms with van der Waals surface area (Å²) in [5.41, 5.74) is 0.174. The fourth-order valence-corrected chi connectivity index (χ4v) is 1.68. The van der Waals surface area contributed by atoms with Crippen molar-refractivity contribution < 1.29 is 14.3 Å². The molecule has 0 spiro atoms. The van der Waals surface area contributed by atoms with Gasteiger partial charge in [0.25, 0.3) is 0 Å². The van der Waals surface area contributed by atoms with Crippen LogP contribution in [-0.2, 0) is 9.53 Å². The predicted molar refractivity (Wildman–Crippen MR) is 74.2 cm³/mol. The van der Waals surface area contributed by atoms with Crippen LogP contribution in [0.25, 0.3) is 0 Å². The molecular formula is C14H20N2O3. The van der Waals surface area contributed by atoms with Gasteiger partial charge in [-0.3, -0.25) is 4.79 Å². The Morgan fingerprint density at radius 1 is 1.26 bits per heavy atom. The minimum atomic E-state index is -0.822. The zero-order valence-electron chi connectivity index (χ0n) is 11.7. The molecule has 1 rings (SSSR count). The van der Waals surface area contributed by atoms with E-state index in [2.05, 4.69) is 10.6 Å². The Labute approximate surface area is 113 Å². The Kier molecular flexibility index (Phi) is 4.92. The van der Waals surface area contributed by atoms with Crippen molar-refractivity contribution in [3.63, 3.8) is 0 Å². The van der Waals surface area contributed by atoms with Gasteiger partial charge in [0, 0.05) is 12.7 Å². The number of para-hydroxylation sites is 1. The third-order valence-corrected chi connectivity index (χ3v) is 2.66. The summed E-state index contributed by atoms with van der Waals surface area (Å²) in [5, 5.41) is 5.65. The van der Waals surface area contributed by atoms with Crippen LogP contribution in [0.2, 0.25) is 0 Å². The van der Waals surface area contributed by atoms with E-state index >= 15 is 0 Å². The van der Waals surface area contributed by atoms with E-state index in [0.717, 1.165) is 0 Å². The molecule has 0 atom stereocenters. The molecule has 0 saturated carbocycles. The first-order chi connectivity index (χ1) is 8.92. The van der Waals surface area contributed by atoms with Gasteiger partial charge in [-0.2, -0.15) is 0 Å². The van der Waals surface area contributed by atoms with Crippen molar-refractivity contribution in [3.8, 4) is 0 Å². The summed E-state index contributed by atoms with van der Waals surface area (Å²) in [6, 6.07) is 6.96. The summed E-state index contributed by atoms with van der Waals surface area (Å²) in [4.78, 5) is 23.6. The highest BCUT2D eigenvalue weighted by atomic mass is 16.5. The van der Waals surface area contributed by atoms with Crippen LogP contribution >= 0.6 is 0 Å². The highest BCUT2D eigenvalue weighted by Crippen LogP contribution is 2.21. The van der Waals surface area contributed by atoms with Crippen molar-refractivity contribution in [2.75, 3.05) is 19.0 Å². The highest BCUT2D eigenvalue weighted by Gasteiger charge is 2.27. The quantitative estimate of drug-likeness (QED) is 0.796. The third-order valence-electron chi connectivity index (χ3n) is 2.66. The normalized spacial score (nSPS) is 10.7. The zero-order valence-corrected chi connectivity index (χ0v) is 11.7. The van der Waals surface area contributed by atoms with Crippen molar-refractivity contribution in [2.45, 2.75) is 26.3 Å². The Morgan fingerprint density at radius 3 is 2.47 bits per heavy atom. The van der Waals surface area contributed by atoms with E-state index in [1.807, 2.05) is 0 Å². The second kappa shape index (κ2) is 6.22. The van der Waals surface area contributed by atoms with Crippen LogP contribution in [-0.4, -0.2) is 31.1 Å². The Balaban J connectivity index is 3.02. The molecule has 0 heterocycles. The SMILES string of the molecule is CCOC(=O)c1ccccc1NC(C)(C)C(=O)NC. The molecule has 1 aromatic carbocycles. The van der Waals surface area contributed by atoms with Crippen molar-refractivity contribution in [2.24, 2.45) is 0 Å². The van der Waals surface area contributed by atoms with Crippen molar-refractivity contribution in [1.82, 2.24) is 5.32 Å². The summed E-state index contributed by atoms with van der Waals surface area (Å²) >= 11 is 0. The Bertz CT molecular complexity index is 470. The van der Waals surface area contributed by atoms with Gasteiger partial charge in [-0.15, -0.1) is 0 Å². The van der Waals surface area contributed by atoms with E-state index in [9.17, 15) is 9.59 Å². The van der Waals surface area contributed by atoms with Crippen LogP contribution in [0.4, 0.5) is 5.69 Å². The summed E-state index contributed by atoms with van der Waals surface area (Å²) in [5.74, 6) is -0.565. The first-order valence-electron chi connectivity index (χ1n) is 6.19. The average Bonchev–Trinajstić information content (AvgIpc) is 2.38. The molecule has 0 bridgehead atoms. The molecule has 0 fully saturated rings. The van der Waals surface area contributed by atoms with Gasteiger partial charge in [-0.05, 0) is 32.9 Å². The monoisotopic (exact) mass is 264 g/mol. The number of benzene rings is 1. The van der Waals surface area contributed by atoms with Crippen molar-refractivity contribution in [1.29, 1.82) is 0 Å². The number of anilines is 1. The van der Waals surface area contributed by atoms with Crippen LogP contribution in [0, 0.1) is 0 Å². The zero-order chi connectivity index (χ0) is 14.5. The molecular weight excluding hydrogens is 244 g/mol. The van der Waals surface area contributed by atoms with E-state index in [4.69, 9.17) is 4.74 Å². The smallest absolute Gasteiger partial charge is 0.340 e. The van der Waals surface area contributed by atoms with Crippen LogP contribution < -0.4 is 10.6 Å². The lowest BCUT2D eigenvalue weighted by Gasteiger charge is -2.26. The largest absolute Gasteiger partial charge is 0.462 e. The number of ether oxygens (including phenoxy) is 1. The van der Waals surface area contributed by atoms with Gasteiger partial charge in [0.05, 0.1) is 12.2 Å². The number of carbonyl (C=O) groups is 2. The molecule has 0 saturated heterocycles. The first kappa shape index (κ1) is 15.0. The molecule has 5 nitrogen and oxygen atoms in total. The van der Waals surface area contributed by atoms with Gasteiger partial charge in [0.1, 0.15) is 5.54 Å². The van der Waals surface area contributed by atoms with Crippen molar-refractivity contribution >= 4 is 17.6 Å². The van der Waals surface area contributed by atoms with E-state index < -0.39 is 11.5 Å². The Morgan fingerprint density at radius 2 is 1.89 bits per heavy atom. The summed E-state index contributed by atoms with van der Waals surface area (Å²) < 4.78 is 4.99. The molecule has 1 amide bonds. The fourth-order valence-electron chi connectivity index (χ4n) is 1.68. The standard InChI is InChI=1S/C14H20N2O3/c1-5-19-12(17)10-8-6-7-9-11(10)16-14(2,3)13(18)15-4/h6-9,16H,5H2,1-4H3,(H,15,18). The van der Waals surface area contributed by atoms with Gasteiger partial charge < -0.3 is 15.4 Å². The minimum absolute atomic E-state index is 0.161. The molecule has 19 heavy (non-hydrogen) atoms. The van der Waals surface area contributed by atoms with Crippen LogP contribution in [0.1, 0.15) is 31.1 Å². The highest BCUT2D eigenvalue weighted by molar-refractivity contribution is 5.97. The summed E-state index contributed by atoms with van der Waals surface area (Å²) in [7, 11) is 1.57. The van der Waals surface area contributed by atoms with E-state index in [1.165, 1.54) is 0 Å². The second-order valence-corrected chi connectivity index (χ2v) is 4.60. The molecule has 5 heteroatoms. The van der Waals surface area contributed by atoms with Crippen molar-refractivity contribution in [3.05, 3.63) is 29.8 Å². The Hall–Kier alpha value is -2.04. The number of likely N-dealkylation sites (N-methyl/N-ethyl adjacent to an activating group) is 1. The molecule has 0 unspecified atom stereocenters. The topological polar surface area (TPSA) is 67.4 Å². The maximum absolute atomic E-state index is 11.8. The predicted octanol–water partition coefficient (Wildman–Crippen LogP) is 1.80. The van der Waals surface area contributed by atoms with Gasteiger partial charge in [0.15, 0.2) is 0 Å². The van der Waals surface area contributed by atoms with Gasteiger partial charge >= 0.3 is 5.97 Å². The summed E-state index contributed by atoms with van der Waals surface area (Å²) in [6.45, 7) is 5.55. The molecule has 0 aliphatic heterocycles. The van der Waals surface area contributed by atoms with E-state index in [0.29, 0.717) is 17.9 Å². The third kappa shape index (κ3) is 3.71. The number of amides is 1. The van der Waals surface area contributed by atoms with Crippen LogP contribution in [0.3, 0.4) is 0 Å². The van der Waals surface area contributed by atoms with Crippen LogP contribution in [0.15, 0.2) is 24.3 Å². The second-order valence-electron chi connectivity index (χ2n) is 4.60.